The zero-order valence-corrected chi connectivity index (χ0v) is 22.4. The van der Waals surface area contributed by atoms with E-state index in [4.69, 9.17) is 8.92 Å². The third-order valence-corrected chi connectivity index (χ3v) is 13.3. The minimum Gasteiger partial charge on any atom is -0.469 e. The second-order valence-corrected chi connectivity index (χ2v) is 14.8. The summed E-state index contributed by atoms with van der Waals surface area (Å²) in [6, 6.07) is 0. The van der Waals surface area contributed by atoms with E-state index in [1.54, 1.807) is 6.08 Å². The van der Waals surface area contributed by atoms with Gasteiger partial charge in [0.25, 0.3) is 0 Å². The smallest absolute Gasteiger partial charge is 0.397 e. The molecule has 5 saturated carbocycles. The van der Waals surface area contributed by atoms with Crippen LogP contribution in [0.15, 0.2) is 24.0 Å². The van der Waals surface area contributed by atoms with Crippen molar-refractivity contribution in [2.45, 2.75) is 97.9 Å². The number of rotatable bonds is 3. The summed E-state index contributed by atoms with van der Waals surface area (Å²) >= 11 is 0. The van der Waals surface area contributed by atoms with E-state index >= 15 is 0 Å². The number of hydrogen-bond donors (Lipinski definition) is 2. The first kappa shape index (κ1) is 24.4. The zero-order valence-electron chi connectivity index (χ0n) is 21.6. The summed E-state index contributed by atoms with van der Waals surface area (Å²) < 4.78 is 42.3. The van der Waals surface area contributed by atoms with Crippen molar-refractivity contribution >= 4 is 10.4 Å². The molecule has 2 N–H and O–H groups in total. The van der Waals surface area contributed by atoms with Gasteiger partial charge >= 0.3 is 10.4 Å². The molecule has 35 heavy (non-hydrogen) atoms. The number of fused-ring (bicyclic) bond motifs is 5. The van der Waals surface area contributed by atoms with Gasteiger partial charge in [-0.2, -0.15) is 8.42 Å². The highest BCUT2D eigenvalue weighted by atomic mass is 32.3. The fraction of sp³-hybridized carbons (Fsp3) is 0.857. The van der Waals surface area contributed by atoms with Crippen LogP contribution in [0.1, 0.15) is 85.5 Å². The second-order valence-electron chi connectivity index (χ2n) is 13.7. The molecule has 0 aromatic rings. The Labute approximate surface area is 210 Å². The van der Waals surface area contributed by atoms with E-state index in [1.807, 2.05) is 6.26 Å². The van der Waals surface area contributed by atoms with Crippen LogP contribution >= 0.6 is 0 Å². The minimum absolute atomic E-state index is 0.0456. The van der Waals surface area contributed by atoms with Crippen LogP contribution in [0.2, 0.25) is 0 Å². The molecule has 0 radical (unpaired) electrons. The topological polar surface area (TPSA) is 93.1 Å². The lowest BCUT2D eigenvalue weighted by Gasteiger charge is -2.66. The average molecular weight is 507 g/mol. The summed E-state index contributed by atoms with van der Waals surface area (Å²) in [5.41, 5.74) is 1.95. The van der Waals surface area contributed by atoms with Crippen molar-refractivity contribution in [2.24, 2.45) is 51.2 Å². The highest BCUT2D eigenvalue weighted by molar-refractivity contribution is 7.80. The maximum Gasteiger partial charge on any atom is 0.397 e. The van der Waals surface area contributed by atoms with E-state index in [1.165, 1.54) is 37.7 Å². The Morgan fingerprint density at radius 1 is 1.06 bits per heavy atom. The molecule has 1 heterocycles. The van der Waals surface area contributed by atoms with Gasteiger partial charge in [-0.05, 0) is 115 Å². The molecular weight excluding hydrogens is 464 g/mol. The number of hydrogen-bond acceptors (Lipinski definition) is 5. The van der Waals surface area contributed by atoms with Crippen molar-refractivity contribution < 1.29 is 27.0 Å². The van der Waals surface area contributed by atoms with Crippen molar-refractivity contribution in [2.75, 3.05) is 0 Å². The first-order valence-corrected chi connectivity index (χ1v) is 15.1. The van der Waals surface area contributed by atoms with Gasteiger partial charge in [0.15, 0.2) is 0 Å². The summed E-state index contributed by atoms with van der Waals surface area (Å²) in [4.78, 5) is 0. The molecule has 196 valence electrons. The third-order valence-electron chi connectivity index (χ3n) is 12.8. The largest absolute Gasteiger partial charge is 0.469 e. The lowest BCUT2D eigenvalue weighted by molar-refractivity contribution is -0.169. The first-order valence-electron chi connectivity index (χ1n) is 13.7. The lowest BCUT2D eigenvalue weighted by atomic mass is 9.39. The highest BCUT2D eigenvalue weighted by Crippen LogP contribution is 2.76. The van der Waals surface area contributed by atoms with E-state index in [2.05, 4.69) is 33.8 Å². The molecule has 5 unspecified atom stereocenters. The van der Waals surface area contributed by atoms with Crippen molar-refractivity contribution in [1.29, 1.82) is 0 Å². The molecule has 11 atom stereocenters. The standard InChI is InChI=1S/C28H42O6S/c1-17-13-22(18-5-8-24(29)33-16-18)26(3)10-9-20-21(27(17,26)4)7-6-19-14-28(12-11-25(19,20)2)15-23(28)34-35(30,31)32/h5,8,16-17,19-24,29H,6-7,9-15H2,1-4H3,(H,30,31,32)/t17-,19?,20?,21?,22-,23+,24?,25+,26-,27-,28?/m1/s1. The maximum atomic E-state index is 11.3. The Balaban J connectivity index is 1.25. The number of ether oxygens (including phenoxy) is 1. The molecule has 7 heteroatoms. The summed E-state index contributed by atoms with van der Waals surface area (Å²) in [6.45, 7) is 10.1. The van der Waals surface area contributed by atoms with Gasteiger partial charge in [0.05, 0.1) is 12.4 Å². The number of aliphatic hydroxyl groups is 1. The Morgan fingerprint density at radius 3 is 2.51 bits per heavy atom. The second kappa shape index (κ2) is 7.58. The Hall–Kier alpha value is -0.890. The molecule has 0 aromatic heterocycles. The van der Waals surface area contributed by atoms with Gasteiger partial charge in [-0.3, -0.25) is 4.55 Å². The normalized spacial score (nSPS) is 54.9. The molecule has 5 fully saturated rings. The summed E-state index contributed by atoms with van der Waals surface area (Å²) in [6.07, 6.45) is 14.6. The molecule has 0 aromatic carbocycles. The Bertz CT molecular complexity index is 1070. The van der Waals surface area contributed by atoms with Crippen molar-refractivity contribution in [3.05, 3.63) is 24.0 Å². The van der Waals surface area contributed by atoms with Gasteiger partial charge < -0.3 is 9.84 Å². The van der Waals surface area contributed by atoms with Gasteiger partial charge in [0.1, 0.15) is 0 Å². The molecule has 6 rings (SSSR count). The molecule has 1 aliphatic heterocycles. The van der Waals surface area contributed by atoms with Crippen molar-refractivity contribution in [3.63, 3.8) is 0 Å². The van der Waals surface area contributed by atoms with Crippen molar-refractivity contribution in [1.82, 2.24) is 0 Å². The van der Waals surface area contributed by atoms with Crippen LogP contribution < -0.4 is 0 Å². The molecule has 6 aliphatic rings. The van der Waals surface area contributed by atoms with E-state index in [-0.39, 0.29) is 22.3 Å². The fourth-order valence-corrected chi connectivity index (χ4v) is 11.0. The maximum absolute atomic E-state index is 11.3. The highest BCUT2D eigenvalue weighted by Gasteiger charge is 2.70. The Kier molecular flexibility index (Phi) is 5.29. The summed E-state index contributed by atoms with van der Waals surface area (Å²) in [5, 5.41) is 9.77. The van der Waals surface area contributed by atoms with E-state index in [0.717, 1.165) is 25.7 Å². The van der Waals surface area contributed by atoms with Crippen LogP contribution in [-0.4, -0.2) is 30.5 Å². The number of allylic oxidation sites excluding steroid dienone is 2. The van der Waals surface area contributed by atoms with Crippen LogP contribution in [-0.2, 0) is 19.3 Å². The predicted octanol–water partition coefficient (Wildman–Crippen LogP) is 5.65. The summed E-state index contributed by atoms with van der Waals surface area (Å²) in [5.74, 6) is 3.08. The van der Waals surface area contributed by atoms with Gasteiger partial charge in [-0.15, -0.1) is 0 Å². The van der Waals surface area contributed by atoms with Gasteiger partial charge in [-0.25, -0.2) is 4.18 Å². The first-order chi connectivity index (χ1) is 16.3. The SMILES string of the molecule is C[C@@H]1C[C@H](C2=COC(O)C=C2)[C@@]2(C)CCC3C(CCC4CC5(CC[C@@]43C)C[C@@H]5OS(=O)(=O)O)[C@@]12C. The summed E-state index contributed by atoms with van der Waals surface area (Å²) in [7, 11) is -4.38. The molecule has 0 bridgehead atoms. The van der Waals surface area contributed by atoms with Crippen LogP contribution in [0.25, 0.3) is 0 Å². The van der Waals surface area contributed by atoms with Gasteiger partial charge in [0.2, 0.25) is 6.29 Å². The molecule has 0 amide bonds. The molecule has 0 saturated heterocycles. The number of aliphatic hydroxyl groups excluding tert-OH is 1. The minimum atomic E-state index is -4.38. The third kappa shape index (κ3) is 3.40. The average Bonchev–Trinajstić information content (AvgIpc) is 3.38. The van der Waals surface area contributed by atoms with Gasteiger partial charge in [0, 0.05) is 5.41 Å². The van der Waals surface area contributed by atoms with Crippen LogP contribution in [0.3, 0.4) is 0 Å². The monoisotopic (exact) mass is 506 g/mol. The van der Waals surface area contributed by atoms with E-state index in [0.29, 0.717) is 35.0 Å². The quantitative estimate of drug-likeness (QED) is 0.481. The molecule has 5 aliphatic carbocycles. The van der Waals surface area contributed by atoms with Crippen molar-refractivity contribution in [3.8, 4) is 0 Å². The molecule has 6 nitrogen and oxygen atoms in total. The van der Waals surface area contributed by atoms with Crippen LogP contribution in [0, 0.1) is 51.2 Å². The Morgan fingerprint density at radius 2 is 1.83 bits per heavy atom. The van der Waals surface area contributed by atoms with E-state index in [9.17, 15) is 18.1 Å². The van der Waals surface area contributed by atoms with Crippen LogP contribution in [0.4, 0.5) is 0 Å². The van der Waals surface area contributed by atoms with E-state index < -0.39 is 16.7 Å². The molecule has 1 spiro atoms. The molecular formula is C28H42O6S. The fourth-order valence-electron chi connectivity index (χ4n) is 10.4. The predicted molar refractivity (Wildman–Crippen MR) is 132 cm³/mol. The van der Waals surface area contributed by atoms with Gasteiger partial charge in [-0.1, -0.05) is 33.8 Å². The van der Waals surface area contributed by atoms with Crippen LogP contribution in [0.5, 0.6) is 0 Å². The zero-order chi connectivity index (χ0) is 25.0. The lowest BCUT2D eigenvalue weighted by Crippen LogP contribution is -2.59.